The molecule has 0 radical (unpaired) electrons. The third-order valence-corrected chi connectivity index (χ3v) is 4.10. The van der Waals surface area contributed by atoms with E-state index in [2.05, 4.69) is 59.0 Å². The average Bonchev–Trinajstić information content (AvgIpc) is 2.29. The Labute approximate surface area is 123 Å². The van der Waals surface area contributed by atoms with Crippen LogP contribution >= 0.6 is 11.6 Å². The highest BCUT2D eigenvalue weighted by Gasteiger charge is 2.23. The number of halogens is 1. The molecule has 0 spiro atoms. The van der Waals surface area contributed by atoms with Gasteiger partial charge >= 0.3 is 0 Å². The number of nitrogens with one attached hydrogen (secondary N) is 1. The number of rotatable bonds is 6. The molecule has 0 aliphatic heterocycles. The van der Waals surface area contributed by atoms with E-state index in [0.29, 0.717) is 5.92 Å². The topological polar surface area (TPSA) is 12.0 Å². The second-order valence-corrected chi connectivity index (χ2v) is 7.06. The van der Waals surface area contributed by atoms with Crippen molar-refractivity contribution in [3.8, 4) is 0 Å². The van der Waals surface area contributed by atoms with Gasteiger partial charge in [-0.3, -0.25) is 0 Å². The Morgan fingerprint density at radius 2 is 1.74 bits per heavy atom. The summed E-state index contributed by atoms with van der Waals surface area (Å²) < 4.78 is 0. The first-order valence-corrected chi connectivity index (χ1v) is 7.60. The Hall–Kier alpha value is -0.530. The van der Waals surface area contributed by atoms with E-state index in [1.54, 1.807) is 0 Å². The first kappa shape index (κ1) is 16.5. The molecule has 0 heterocycles. The first-order valence-electron chi connectivity index (χ1n) is 7.22. The summed E-state index contributed by atoms with van der Waals surface area (Å²) >= 11 is 6.43. The molecule has 0 unspecified atom stereocenters. The molecule has 0 aromatic heterocycles. The number of hydrogen-bond acceptors (Lipinski definition) is 1. The van der Waals surface area contributed by atoms with Gasteiger partial charge in [0, 0.05) is 5.02 Å². The number of aryl methyl sites for hydroxylation is 2. The van der Waals surface area contributed by atoms with E-state index in [1.807, 2.05) is 0 Å². The van der Waals surface area contributed by atoms with Gasteiger partial charge in [0.15, 0.2) is 0 Å². The predicted octanol–water partition coefficient (Wildman–Crippen LogP) is 4.87. The van der Waals surface area contributed by atoms with Gasteiger partial charge in [0.05, 0.1) is 0 Å². The van der Waals surface area contributed by atoms with Crippen molar-refractivity contribution in [2.24, 2.45) is 5.92 Å². The highest BCUT2D eigenvalue weighted by molar-refractivity contribution is 6.31. The minimum absolute atomic E-state index is 0.111. The van der Waals surface area contributed by atoms with Crippen LogP contribution in [0, 0.1) is 19.8 Å². The normalized spacial score (nSPS) is 12.2. The SMILES string of the molecule is Cc1cc(Cl)c(C(C)(C)CCNCC(C)C)cc1C. The molecular formula is C17H28ClN. The fourth-order valence-corrected chi connectivity index (χ4v) is 2.70. The number of hydrogen-bond donors (Lipinski definition) is 1. The van der Waals surface area contributed by atoms with E-state index >= 15 is 0 Å². The molecular weight excluding hydrogens is 254 g/mol. The Bertz CT molecular complexity index is 422. The lowest BCUT2D eigenvalue weighted by Gasteiger charge is -2.27. The van der Waals surface area contributed by atoms with E-state index in [9.17, 15) is 0 Å². The molecule has 0 saturated carbocycles. The van der Waals surface area contributed by atoms with Gasteiger partial charge in [-0.25, -0.2) is 0 Å². The van der Waals surface area contributed by atoms with Crippen molar-refractivity contribution >= 4 is 11.6 Å². The van der Waals surface area contributed by atoms with Crippen LogP contribution in [0.4, 0.5) is 0 Å². The van der Waals surface area contributed by atoms with Crippen molar-refractivity contribution in [3.63, 3.8) is 0 Å². The largest absolute Gasteiger partial charge is 0.316 e. The fourth-order valence-electron chi connectivity index (χ4n) is 2.23. The maximum Gasteiger partial charge on any atom is 0.0446 e. The van der Waals surface area contributed by atoms with Crippen molar-refractivity contribution < 1.29 is 0 Å². The summed E-state index contributed by atoms with van der Waals surface area (Å²) in [6, 6.07) is 4.34. The Balaban J connectivity index is 2.74. The molecule has 1 aromatic carbocycles. The summed E-state index contributed by atoms with van der Waals surface area (Å²) in [6.07, 6.45) is 1.10. The van der Waals surface area contributed by atoms with Crippen LogP contribution in [0.3, 0.4) is 0 Å². The van der Waals surface area contributed by atoms with Gasteiger partial charge in [-0.05, 0) is 67.4 Å². The molecule has 2 heteroatoms. The maximum absolute atomic E-state index is 6.43. The molecule has 1 N–H and O–H groups in total. The van der Waals surface area contributed by atoms with Crippen LogP contribution in [0.1, 0.15) is 50.8 Å². The van der Waals surface area contributed by atoms with E-state index in [1.165, 1.54) is 16.7 Å². The van der Waals surface area contributed by atoms with Crippen LogP contribution < -0.4 is 5.32 Å². The van der Waals surface area contributed by atoms with Crippen LogP contribution in [-0.2, 0) is 5.41 Å². The molecule has 0 aliphatic carbocycles. The molecule has 1 nitrogen and oxygen atoms in total. The summed E-state index contributed by atoms with van der Waals surface area (Å²) in [7, 11) is 0. The van der Waals surface area contributed by atoms with Crippen LogP contribution in [0.2, 0.25) is 5.02 Å². The molecule has 0 amide bonds. The van der Waals surface area contributed by atoms with Crippen molar-refractivity contribution in [3.05, 3.63) is 33.8 Å². The zero-order chi connectivity index (χ0) is 14.6. The quantitative estimate of drug-likeness (QED) is 0.734. The lowest BCUT2D eigenvalue weighted by Crippen LogP contribution is -2.28. The van der Waals surface area contributed by atoms with Gasteiger partial charge < -0.3 is 5.32 Å². The molecule has 1 aromatic rings. The second kappa shape index (κ2) is 6.76. The number of benzene rings is 1. The van der Waals surface area contributed by atoms with Crippen molar-refractivity contribution in [2.45, 2.75) is 53.4 Å². The third-order valence-electron chi connectivity index (χ3n) is 3.79. The standard InChI is InChI=1S/C17H28ClN/c1-12(2)11-19-8-7-17(5,6)15-9-13(3)14(4)10-16(15)18/h9-10,12,19H,7-8,11H2,1-6H3. The van der Waals surface area contributed by atoms with Gasteiger partial charge in [0.2, 0.25) is 0 Å². The zero-order valence-electron chi connectivity index (χ0n) is 13.2. The van der Waals surface area contributed by atoms with Crippen LogP contribution in [0.5, 0.6) is 0 Å². The van der Waals surface area contributed by atoms with Gasteiger partial charge in [0.25, 0.3) is 0 Å². The summed E-state index contributed by atoms with van der Waals surface area (Å²) in [5, 5.41) is 4.41. The Morgan fingerprint density at radius 1 is 1.16 bits per heavy atom. The molecule has 108 valence electrons. The van der Waals surface area contributed by atoms with Gasteiger partial charge in [-0.2, -0.15) is 0 Å². The summed E-state index contributed by atoms with van der Waals surface area (Å²) in [4.78, 5) is 0. The highest BCUT2D eigenvalue weighted by Crippen LogP contribution is 2.34. The van der Waals surface area contributed by atoms with E-state index < -0.39 is 0 Å². The molecule has 0 bridgehead atoms. The van der Waals surface area contributed by atoms with E-state index in [4.69, 9.17) is 11.6 Å². The minimum Gasteiger partial charge on any atom is -0.316 e. The van der Waals surface area contributed by atoms with Crippen molar-refractivity contribution in [1.29, 1.82) is 0 Å². The monoisotopic (exact) mass is 281 g/mol. The predicted molar refractivity (Wildman–Crippen MR) is 86.3 cm³/mol. The maximum atomic E-state index is 6.43. The molecule has 19 heavy (non-hydrogen) atoms. The second-order valence-electron chi connectivity index (χ2n) is 6.65. The van der Waals surface area contributed by atoms with Gasteiger partial charge in [0.1, 0.15) is 0 Å². The average molecular weight is 282 g/mol. The lowest BCUT2D eigenvalue weighted by molar-refractivity contribution is 0.442. The summed E-state index contributed by atoms with van der Waals surface area (Å²) in [6.45, 7) is 15.4. The third kappa shape index (κ3) is 4.81. The van der Waals surface area contributed by atoms with Crippen LogP contribution in [-0.4, -0.2) is 13.1 Å². The molecule has 0 saturated heterocycles. The van der Waals surface area contributed by atoms with Crippen molar-refractivity contribution in [2.75, 3.05) is 13.1 Å². The Morgan fingerprint density at radius 3 is 2.32 bits per heavy atom. The summed E-state index contributed by atoms with van der Waals surface area (Å²) in [5.41, 5.74) is 3.97. The highest BCUT2D eigenvalue weighted by atomic mass is 35.5. The minimum atomic E-state index is 0.111. The van der Waals surface area contributed by atoms with Gasteiger partial charge in [-0.15, -0.1) is 0 Å². The van der Waals surface area contributed by atoms with Crippen molar-refractivity contribution in [1.82, 2.24) is 5.32 Å². The molecule has 0 fully saturated rings. The molecule has 1 rings (SSSR count). The lowest BCUT2D eigenvalue weighted by atomic mass is 9.80. The Kier molecular flexibility index (Phi) is 5.88. The zero-order valence-corrected chi connectivity index (χ0v) is 14.0. The van der Waals surface area contributed by atoms with E-state index in [-0.39, 0.29) is 5.41 Å². The molecule has 0 aliphatic rings. The van der Waals surface area contributed by atoms with Crippen LogP contribution in [0.25, 0.3) is 0 Å². The van der Waals surface area contributed by atoms with E-state index in [0.717, 1.165) is 24.5 Å². The first-order chi connectivity index (χ1) is 8.74. The fraction of sp³-hybridized carbons (Fsp3) is 0.647. The van der Waals surface area contributed by atoms with Gasteiger partial charge in [-0.1, -0.05) is 45.4 Å². The smallest absolute Gasteiger partial charge is 0.0446 e. The summed E-state index contributed by atoms with van der Waals surface area (Å²) in [5.74, 6) is 0.702. The molecule has 0 atom stereocenters. The van der Waals surface area contributed by atoms with Crippen LogP contribution in [0.15, 0.2) is 12.1 Å².